The van der Waals surface area contributed by atoms with Crippen LogP contribution in [0.5, 0.6) is 0 Å². The van der Waals surface area contributed by atoms with Gasteiger partial charge in [-0.2, -0.15) is 11.8 Å². The van der Waals surface area contributed by atoms with Crippen molar-refractivity contribution in [3.05, 3.63) is 0 Å². The normalized spacial score (nSPS) is 21.7. The van der Waals surface area contributed by atoms with Gasteiger partial charge < -0.3 is 10.0 Å². The summed E-state index contributed by atoms with van der Waals surface area (Å²) in [5.74, 6) is 1.63. The van der Waals surface area contributed by atoms with E-state index in [2.05, 4.69) is 6.26 Å². The molecule has 3 nitrogen and oxygen atoms in total. The van der Waals surface area contributed by atoms with Gasteiger partial charge in [0.1, 0.15) is 0 Å². The SMILES string of the molecule is CSCCCC(=O)N1CCCC(CO)C1. The Morgan fingerprint density at radius 2 is 2.40 bits per heavy atom. The third-order valence-electron chi connectivity index (χ3n) is 2.87. The lowest BCUT2D eigenvalue weighted by atomic mass is 9.99. The van der Waals surface area contributed by atoms with Crippen LogP contribution in [0.1, 0.15) is 25.7 Å². The van der Waals surface area contributed by atoms with E-state index in [1.165, 1.54) is 0 Å². The number of aliphatic hydroxyl groups excluding tert-OH is 1. The first-order valence-corrected chi connectivity index (χ1v) is 7.05. The van der Waals surface area contributed by atoms with Crippen LogP contribution in [0.25, 0.3) is 0 Å². The zero-order chi connectivity index (χ0) is 11.1. The lowest BCUT2D eigenvalue weighted by molar-refractivity contribution is -0.133. The van der Waals surface area contributed by atoms with Crippen molar-refractivity contribution in [3.8, 4) is 0 Å². The fourth-order valence-electron chi connectivity index (χ4n) is 1.97. The van der Waals surface area contributed by atoms with Crippen molar-refractivity contribution in [1.29, 1.82) is 0 Å². The molecule has 15 heavy (non-hydrogen) atoms. The summed E-state index contributed by atoms with van der Waals surface area (Å²) in [4.78, 5) is 13.7. The van der Waals surface area contributed by atoms with Gasteiger partial charge in [-0.1, -0.05) is 0 Å². The maximum Gasteiger partial charge on any atom is 0.222 e. The second kappa shape index (κ2) is 7.12. The van der Waals surface area contributed by atoms with Crippen LogP contribution < -0.4 is 0 Å². The van der Waals surface area contributed by atoms with Crippen molar-refractivity contribution in [3.63, 3.8) is 0 Å². The predicted molar refractivity (Wildman–Crippen MR) is 64.0 cm³/mol. The lowest BCUT2D eigenvalue weighted by Gasteiger charge is -2.31. The monoisotopic (exact) mass is 231 g/mol. The number of aliphatic hydroxyl groups is 1. The van der Waals surface area contributed by atoms with Crippen molar-refractivity contribution in [2.24, 2.45) is 5.92 Å². The van der Waals surface area contributed by atoms with E-state index in [-0.39, 0.29) is 12.5 Å². The van der Waals surface area contributed by atoms with Crippen LogP contribution in [0.2, 0.25) is 0 Å². The van der Waals surface area contributed by atoms with E-state index in [1.54, 1.807) is 11.8 Å². The summed E-state index contributed by atoms with van der Waals surface area (Å²) in [6.07, 6.45) is 5.80. The Hall–Kier alpha value is -0.220. The summed E-state index contributed by atoms with van der Waals surface area (Å²) < 4.78 is 0. The lowest BCUT2D eigenvalue weighted by Crippen LogP contribution is -2.40. The van der Waals surface area contributed by atoms with Gasteiger partial charge in [0.15, 0.2) is 0 Å². The van der Waals surface area contributed by atoms with Crippen LogP contribution in [0.4, 0.5) is 0 Å². The average Bonchev–Trinajstić information content (AvgIpc) is 2.29. The van der Waals surface area contributed by atoms with Crippen LogP contribution in [-0.4, -0.2) is 47.6 Å². The standard InChI is InChI=1S/C11H21NO2S/c1-15-7-3-5-11(14)12-6-2-4-10(8-12)9-13/h10,13H,2-9H2,1H3. The Kier molecular flexibility index (Phi) is 6.10. The number of carbonyl (C=O) groups is 1. The molecule has 1 aliphatic heterocycles. The van der Waals surface area contributed by atoms with Crippen LogP contribution in [0.15, 0.2) is 0 Å². The molecule has 1 aliphatic rings. The average molecular weight is 231 g/mol. The topological polar surface area (TPSA) is 40.5 Å². The minimum absolute atomic E-state index is 0.217. The highest BCUT2D eigenvalue weighted by Gasteiger charge is 2.22. The summed E-state index contributed by atoms with van der Waals surface area (Å²) in [7, 11) is 0. The molecular formula is C11H21NO2S. The van der Waals surface area contributed by atoms with Gasteiger partial charge >= 0.3 is 0 Å². The number of rotatable bonds is 5. The number of thioether (sulfide) groups is 1. The molecule has 1 atom stereocenters. The van der Waals surface area contributed by atoms with Crippen LogP contribution in [0.3, 0.4) is 0 Å². The fourth-order valence-corrected chi connectivity index (χ4v) is 2.40. The van der Waals surface area contributed by atoms with E-state index >= 15 is 0 Å². The maximum absolute atomic E-state index is 11.8. The molecule has 0 spiro atoms. The van der Waals surface area contributed by atoms with Crippen molar-refractivity contribution < 1.29 is 9.90 Å². The molecule has 0 saturated carbocycles. The third-order valence-corrected chi connectivity index (χ3v) is 3.57. The van der Waals surface area contributed by atoms with Crippen LogP contribution in [-0.2, 0) is 4.79 Å². The summed E-state index contributed by atoms with van der Waals surface area (Å²) in [6.45, 7) is 1.86. The molecule has 0 aliphatic carbocycles. The predicted octanol–water partition coefficient (Wildman–Crippen LogP) is 1.36. The van der Waals surface area contributed by atoms with Gasteiger partial charge in [0, 0.05) is 26.1 Å². The minimum Gasteiger partial charge on any atom is -0.396 e. The van der Waals surface area contributed by atoms with Gasteiger partial charge in [0.25, 0.3) is 0 Å². The number of nitrogens with zero attached hydrogens (tertiary/aromatic N) is 1. The number of amides is 1. The van der Waals surface area contributed by atoms with Crippen molar-refractivity contribution in [1.82, 2.24) is 4.90 Å². The molecule has 1 unspecified atom stereocenters. The van der Waals surface area contributed by atoms with Crippen molar-refractivity contribution in [2.45, 2.75) is 25.7 Å². The molecule has 1 fully saturated rings. The number of piperidine rings is 1. The molecule has 0 aromatic carbocycles. The van der Waals surface area contributed by atoms with Gasteiger partial charge in [0.2, 0.25) is 5.91 Å². The van der Waals surface area contributed by atoms with E-state index < -0.39 is 0 Å². The van der Waals surface area contributed by atoms with Gasteiger partial charge in [-0.15, -0.1) is 0 Å². The number of hydrogen-bond donors (Lipinski definition) is 1. The molecule has 88 valence electrons. The molecule has 1 heterocycles. The zero-order valence-corrected chi connectivity index (χ0v) is 10.3. The zero-order valence-electron chi connectivity index (χ0n) is 9.45. The second-order valence-electron chi connectivity index (χ2n) is 4.13. The molecular weight excluding hydrogens is 210 g/mol. The summed E-state index contributed by atoms with van der Waals surface area (Å²) in [5, 5.41) is 9.06. The number of likely N-dealkylation sites (tertiary alicyclic amines) is 1. The Balaban J connectivity index is 2.25. The second-order valence-corrected chi connectivity index (χ2v) is 5.11. The largest absolute Gasteiger partial charge is 0.396 e. The van der Waals surface area contributed by atoms with Gasteiger partial charge in [-0.3, -0.25) is 4.79 Å². The molecule has 1 amide bonds. The fraction of sp³-hybridized carbons (Fsp3) is 0.909. The van der Waals surface area contributed by atoms with Crippen molar-refractivity contribution in [2.75, 3.05) is 31.7 Å². The van der Waals surface area contributed by atoms with Gasteiger partial charge in [0.05, 0.1) is 0 Å². The Morgan fingerprint density at radius 1 is 1.60 bits per heavy atom. The van der Waals surface area contributed by atoms with E-state index in [1.807, 2.05) is 4.90 Å². The number of carbonyl (C=O) groups excluding carboxylic acids is 1. The first kappa shape index (κ1) is 12.8. The molecule has 0 aromatic heterocycles. The Morgan fingerprint density at radius 3 is 3.07 bits per heavy atom. The molecule has 1 saturated heterocycles. The van der Waals surface area contributed by atoms with Crippen molar-refractivity contribution >= 4 is 17.7 Å². The molecule has 0 radical (unpaired) electrons. The highest BCUT2D eigenvalue weighted by Crippen LogP contribution is 2.17. The first-order valence-electron chi connectivity index (χ1n) is 5.65. The van der Waals surface area contributed by atoms with Gasteiger partial charge in [-0.05, 0) is 37.2 Å². The Labute approximate surface area is 96.2 Å². The molecule has 0 bridgehead atoms. The number of hydrogen-bond acceptors (Lipinski definition) is 3. The molecule has 0 aromatic rings. The van der Waals surface area contributed by atoms with E-state index in [9.17, 15) is 4.79 Å². The molecule has 4 heteroatoms. The summed E-state index contributed by atoms with van der Waals surface area (Å²) >= 11 is 1.78. The van der Waals surface area contributed by atoms with E-state index in [4.69, 9.17) is 5.11 Å². The summed E-state index contributed by atoms with van der Waals surface area (Å²) in [5.41, 5.74) is 0. The smallest absolute Gasteiger partial charge is 0.222 e. The highest BCUT2D eigenvalue weighted by molar-refractivity contribution is 7.98. The Bertz CT molecular complexity index is 199. The quantitative estimate of drug-likeness (QED) is 0.726. The summed E-state index contributed by atoms with van der Waals surface area (Å²) in [6, 6.07) is 0. The molecule has 1 rings (SSSR count). The van der Waals surface area contributed by atoms with Crippen LogP contribution in [0, 0.1) is 5.92 Å². The maximum atomic E-state index is 11.8. The molecule has 1 N–H and O–H groups in total. The first-order chi connectivity index (χ1) is 7.27. The van der Waals surface area contributed by atoms with Crippen LogP contribution >= 0.6 is 11.8 Å². The highest BCUT2D eigenvalue weighted by atomic mass is 32.2. The van der Waals surface area contributed by atoms with E-state index in [0.717, 1.165) is 38.1 Å². The van der Waals surface area contributed by atoms with Gasteiger partial charge in [-0.25, -0.2) is 0 Å². The third kappa shape index (κ3) is 4.43. The van der Waals surface area contributed by atoms with E-state index in [0.29, 0.717) is 12.3 Å². The minimum atomic E-state index is 0.217.